The molecule has 0 bridgehead atoms. The number of thiocarbonyl (C=S) groups is 1. The van der Waals surface area contributed by atoms with Gasteiger partial charge in [0.1, 0.15) is 17.5 Å². The van der Waals surface area contributed by atoms with E-state index in [2.05, 4.69) is 10.7 Å². The summed E-state index contributed by atoms with van der Waals surface area (Å²) in [7, 11) is 1.47. The van der Waals surface area contributed by atoms with Gasteiger partial charge in [0.25, 0.3) is 5.91 Å². The average Bonchev–Trinajstić information content (AvgIpc) is 3.13. The summed E-state index contributed by atoms with van der Waals surface area (Å²) in [6, 6.07) is 13.4. The Labute approximate surface area is 218 Å². The third-order valence-electron chi connectivity index (χ3n) is 5.68. The van der Waals surface area contributed by atoms with E-state index in [1.165, 1.54) is 7.11 Å². The van der Waals surface area contributed by atoms with Crippen LogP contribution in [0.3, 0.4) is 0 Å². The van der Waals surface area contributed by atoms with Crippen molar-refractivity contribution >= 4 is 40.5 Å². The van der Waals surface area contributed by atoms with Crippen LogP contribution in [0.25, 0.3) is 0 Å². The number of ether oxygens (including phenoxy) is 1. The van der Waals surface area contributed by atoms with Crippen molar-refractivity contribution in [2.45, 2.75) is 19.0 Å². The molecule has 7 nitrogen and oxygen atoms in total. The zero-order valence-electron chi connectivity index (χ0n) is 19.6. The molecule has 1 aliphatic heterocycles. The predicted molar refractivity (Wildman–Crippen MR) is 131 cm³/mol. The quantitative estimate of drug-likeness (QED) is 0.183. The van der Waals surface area contributed by atoms with Gasteiger partial charge in [0.05, 0.1) is 20.1 Å². The van der Waals surface area contributed by atoms with Crippen molar-refractivity contribution in [2.75, 3.05) is 17.9 Å². The van der Waals surface area contributed by atoms with E-state index in [9.17, 15) is 31.5 Å². The molecule has 3 aromatic carbocycles. The highest BCUT2D eigenvalue weighted by molar-refractivity contribution is 7.80. The molecule has 0 spiro atoms. The molecule has 1 fully saturated rings. The summed E-state index contributed by atoms with van der Waals surface area (Å²) in [5.74, 6) is -11.9. The second-order valence-corrected chi connectivity index (χ2v) is 8.48. The highest BCUT2D eigenvalue weighted by Gasteiger charge is 2.45. The third-order valence-corrected chi connectivity index (χ3v) is 6.09. The van der Waals surface area contributed by atoms with Gasteiger partial charge in [-0.2, -0.15) is 0 Å². The van der Waals surface area contributed by atoms with Crippen molar-refractivity contribution in [3.05, 3.63) is 89.2 Å². The first-order valence-corrected chi connectivity index (χ1v) is 11.4. The average molecular weight is 551 g/mol. The van der Waals surface area contributed by atoms with Crippen molar-refractivity contribution in [1.82, 2.24) is 9.91 Å². The van der Waals surface area contributed by atoms with Crippen molar-refractivity contribution in [1.29, 1.82) is 0 Å². The number of halogens is 5. The molecule has 0 aliphatic carbocycles. The standard InChI is InChI=1S/C25H19F5N4O3S/c1-37-15-9-7-14(8-10-15)31-17(35)11-16-24(36)33(12-13-5-3-2-4-6-13)25(38)34(16)32-23-21(29)19(27)18(26)20(28)22(23)30/h2-10,16,32H,11-12H2,1H3,(H,31,35). The normalized spacial score (nSPS) is 15.2. The number of nitrogens with one attached hydrogen (secondary N) is 2. The predicted octanol–water partition coefficient (Wildman–Crippen LogP) is 4.74. The summed E-state index contributed by atoms with van der Waals surface area (Å²) in [5.41, 5.74) is 1.64. The fourth-order valence-corrected chi connectivity index (χ4v) is 4.08. The zero-order valence-corrected chi connectivity index (χ0v) is 20.4. The van der Waals surface area contributed by atoms with Crippen LogP contribution in [0.4, 0.5) is 33.3 Å². The number of hydrazine groups is 1. The van der Waals surface area contributed by atoms with Gasteiger partial charge < -0.3 is 10.1 Å². The minimum Gasteiger partial charge on any atom is -0.497 e. The fourth-order valence-electron chi connectivity index (χ4n) is 3.75. The maximum absolute atomic E-state index is 14.4. The molecule has 2 N–H and O–H groups in total. The Balaban J connectivity index is 1.64. The lowest BCUT2D eigenvalue weighted by Gasteiger charge is -2.26. The van der Waals surface area contributed by atoms with Crippen LogP contribution >= 0.6 is 12.2 Å². The van der Waals surface area contributed by atoms with E-state index in [1.807, 2.05) is 0 Å². The second kappa shape index (κ2) is 11.0. The lowest BCUT2D eigenvalue weighted by molar-refractivity contribution is -0.130. The van der Waals surface area contributed by atoms with Crippen LogP contribution in [0.5, 0.6) is 5.75 Å². The Hall–Kier alpha value is -4.26. The highest BCUT2D eigenvalue weighted by atomic mass is 32.1. The van der Waals surface area contributed by atoms with Crippen molar-refractivity contribution in [3.8, 4) is 5.75 Å². The maximum atomic E-state index is 14.4. The molecule has 38 heavy (non-hydrogen) atoms. The lowest BCUT2D eigenvalue weighted by Crippen LogP contribution is -2.42. The van der Waals surface area contributed by atoms with Crippen LogP contribution in [0, 0.1) is 29.1 Å². The van der Waals surface area contributed by atoms with Gasteiger partial charge in [-0.25, -0.2) is 27.0 Å². The number of carbonyl (C=O) groups excluding carboxylic acids is 2. The smallest absolute Gasteiger partial charge is 0.254 e. The van der Waals surface area contributed by atoms with Crippen molar-refractivity contribution in [2.24, 2.45) is 0 Å². The zero-order chi connectivity index (χ0) is 27.6. The van der Waals surface area contributed by atoms with Crippen LogP contribution in [-0.4, -0.2) is 40.0 Å². The molecular weight excluding hydrogens is 531 g/mol. The molecule has 13 heteroatoms. The number of carbonyl (C=O) groups is 2. The number of methoxy groups -OCH3 is 1. The minimum atomic E-state index is -2.34. The van der Waals surface area contributed by atoms with Gasteiger partial charge in [-0.15, -0.1) is 0 Å². The van der Waals surface area contributed by atoms with Gasteiger partial charge >= 0.3 is 0 Å². The molecule has 1 saturated heterocycles. The first kappa shape index (κ1) is 26.8. The van der Waals surface area contributed by atoms with Crippen LogP contribution < -0.4 is 15.5 Å². The van der Waals surface area contributed by atoms with Gasteiger partial charge in [0.2, 0.25) is 11.7 Å². The molecule has 1 unspecified atom stereocenters. The van der Waals surface area contributed by atoms with Crippen molar-refractivity contribution in [3.63, 3.8) is 0 Å². The number of anilines is 2. The van der Waals surface area contributed by atoms with E-state index < -0.39 is 59.1 Å². The molecule has 1 heterocycles. The largest absolute Gasteiger partial charge is 0.497 e. The molecule has 1 aliphatic rings. The molecule has 0 aromatic heterocycles. The van der Waals surface area contributed by atoms with E-state index in [-0.39, 0.29) is 11.7 Å². The highest BCUT2D eigenvalue weighted by Crippen LogP contribution is 2.31. The van der Waals surface area contributed by atoms with Gasteiger partial charge in [-0.05, 0) is 42.0 Å². The Morgan fingerprint density at radius 1 is 0.921 bits per heavy atom. The molecule has 0 saturated carbocycles. The third kappa shape index (κ3) is 5.23. The number of amides is 2. The number of nitrogens with zero attached hydrogens (tertiary/aromatic N) is 2. The van der Waals surface area contributed by atoms with Crippen LogP contribution in [-0.2, 0) is 16.1 Å². The number of hydrogen-bond donors (Lipinski definition) is 2. The fraction of sp³-hybridized carbons (Fsp3) is 0.160. The van der Waals surface area contributed by atoms with Crippen LogP contribution in [0.2, 0.25) is 0 Å². The molecule has 4 rings (SSSR count). The molecule has 2 amide bonds. The lowest BCUT2D eigenvalue weighted by atomic mass is 10.1. The molecule has 3 aromatic rings. The topological polar surface area (TPSA) is 73.9 Å². The second-order valence-electron chi connectivity index (χ2n) is 8.12. The van der Waals surface area contributed by atoms with Gasteiger partial charge in [0, 0.05) is 5.69 Å². The van der Waals surface area contributed by atoms with E-state index in [1.54, 1.807) is 54.6 Å². The first-order chi connectivity index (χ1) is 18.1. The van der Waals surface area contributed by atoms with E-state index in [4.69, 9.17) is 17.0 Å². The summed E-state index contributed by atoms with van der Waals surface area (Å²) in [4.78, 5) is 27.2. The monoisotopic (exact) mass is 550 g/mol. The summed E-state index contributed by atoms with van der Waals surface area (Å²) in [6.45, 7) is -0.0651. The van der Waals surface area contributed by atoms with E-state index >= 15 is 0 Å². The van der Waals surface area contributed by atoms with Gasteiger partial charge in [0.15, 0.2) is 28.4 Å². The molecule has 1 atom stereocenters. The molecule has 0 radical (unpaired) electrons. The minimum absolute atomic E-state index is 0.0651. The Morgan fingerprint density at radius 3 is 2.08 bits per heavy atom. The maximum Gasteiger partial charge on any atom is 0.254 e. The number of hydrogen-bond acceptors (Lipinski definition) is 5. The SMILES string of the molecule is COc1ccc(NC(=O)CC2C(=O)N(Cc3ccccc3)C(=S)N2Nc2c(F)c(F)c(F)c(F)c2F)cc1. The van der Waals surface area contributed by atoms with E-state index in [0.29, 0.717) is 17.0 Å². The Kier molecular flexibility index (Phi) is 7.76. The Bertz CT molecular complexity index is 1360. The molecular formula is C25H19F5N4O3S. The first-order valence-electron chi connectivity index (χ1n) is 11.0. The summed E-state index contributed by atoms with van der Waals surface area (Å²) >= 11 is 5.32. The van der Waals surface area contributed by atoms with Gasteiger partial charge in [-0.1, -0.05) is 30.3 Å². The number of benzene rings is 3. The number of rotatable bonds is 8. The summed E-state index contributed by atoms with van der Waals surface area (Å²) < 4.78 is 75.1. The summed E-state index contributed by atoms with van der Waals surface area (Å²) in [6.07, 6.45) is -0.571. The molecule has 198 valence electrons. The van der Waals surface area contributed by atoms with Gasteiger partial charge in [-0.3, -0.25) is 19.9 Å². The van der Waals surface area contributed by atoms with E-state index in [0.717, 1.165) is 9.91 Å². The van der Waals surface area contributed by atoms with Crippen LogP contribution in [0.15, 0.2) is 54.6 Å². The summed E-state index contributed by atoms with van der Waals surface area (Å²) in [5, 5.41) is 2.99. The van der Waals surface area contributed by atoms with Crippen LogP contribution in [0.1, 0.15) is 12.0 Å². The van der Waals surface area contributed by atoms with Crippen molar-refractivity contribution < 1.29 is 36.3 Å². The Morgan fingerprint density at radius 2 is 1.50 bits per heavy atom.